The fourth-order valence-corrected chi connectivity index (χ4v) is 3.49. The molecule has 32 heavy (non-hydrogen) atoms. The normalized spacial score (nSPS) is 11.0. The number of benzene rings is 3. The van der Waals surface area contributed by atoms with Crippen molar-refractivity contribution in [1.29, 1.82) is 0 Å². The van der Waals surface area contributed by atoms with Crippen LogP contribution >= 0.6 is 0 Å². The van der Waals surface area contributed by atoms with Gasteiger partial charge in [0.15, 0.2) is 18.0 Å². The fraction of sp³-hybridized carbons (Fsp3) is 0.0833. The molecular formula is C24H17N3O5. The van der Waals surface area contributed by atoms with Crippen molar-refractivity contribution in [2.24, 2.45) is 0 Å². The highest BCUT2D eigenvalue weighted by Gasteiger charge is 2.19. The van der Waals surface area contributed by atoms with Gasteiger partial charge in [-0.2, -0.15) is 0 Å². The molecule has 2 heterocycles. The first-order chi connectivity index (χ1) is 15.6. The molecule has 0 saturated carbocycles. The molecule has 0 fully saturated rings. The van der Waals surface area contributed by atoms with Crippen LogP contribution in [0, 0.1) is 6.92 Å². The number of carbonyl (C=O) groups is 2. The molecule has 3 aromatic carbocycles. The van der Waals surface area contributed by atoms with Crippen molar-refractivity contribution < 1.29 is 23.3 Å². The predicted octanol–water partition coefficient (Wildman–Crippen LogP) is 4.74. The fourth-order valence-electron chi connectivity index (χ4n) is 3.49. The highest BCUT2D eigenvalue weighted by molar-refractivity contribution is 6.10. The predicted molar refractivity (Wildman–Crippen MR) is 117 cm³/mol. The minimum Gasteiger partial charge on any atom is -0.452 e. The van der Waals surface area contributed by atoms with Crippen LogP contribution < -0.4 is 5.32 Å². The van der Waals surface area contributed by atoms with Crippen LogP contribution in [0.4, 0.5) is 5.82 Å². The number of fused-ring (bicyclic) bond motifs is 2. The Kier molecular flexibility index (Phi) is 4.87. The van der Waals surface area contributed by atoms with Gasteiger partial charge in [-0.15, -0.1) is 0 Å². The van der Waals surface area contributed by atoms with Crippen LogP contribution in [0.25, 0.3) is 33.3 Å². The number of hydrogen-bond acceptors (Lipinski definition) is 7. The van der Waals surface area contributed by atoms with Crippen molar-refractivity contribution in [3.05, 3.63) is 78.1 Å². The van der Waals surface area contributed by atoms with Crippen molar-refractivity contribution in [3.63, 3.8) is 0 Å². The molecule has 1 N–H and O–H groups in total. The summed E-state index contributed by atoms with van der Waals surface area (Å²) in [5.41, 5.74) is 2.35. The van der Waals surface area contributed by atoms with Crippen molar-refractivity contribution in [3.8, 4) is 11.5 Å². The second-order valence-corrected chi connectivity index (χ2v) is 7.14. The second kappa shape index (κ2) is 7.99. The van der Waals surface area contributed by atoms with Gasteiger partial charge in [0, 0.05) is 17.0 Å². The molecular weight excluding hydrogens is 410 g/mol. The number of oxazole rings is 1. The quantitative estimate of drug-likeness (QED) is 0.404. The summed E-state index contributed by atoms with van der Waals surface area (Å²) in [6.45, 7) is 1.24. The second-order valence-electron chi connectivity index (χ2n) is 7.14. The monoisotopic (exact) mass is 427 g/mol. The van der Waals surface area contributed by atoms with E-state index < -0.39 is 18.5 Å². The molecule has 0 aliphatic heterocycles. The molecule has 0 atom stereocenters. The highest BCUT2D eigenvalue weighted by Crippen LogP contribution is 2.33. The average Bonchev–Trinajstić information content (AvgIpc) is 3.42. The standard InChI is InChI=1S/C24H17N3O5/c1-14-12-20(27-32-14)26-21(28)13-30-24(29)17-9-5-7-15-6-4-8-16(22(15)17)23-25-18-10-2-3-11-19(18)31-23/h2-12H,13H2,1H3,(H,26,27,28). The number of ether oxygens (including phenoxy) is 1. The summed E-state index contributed by atoms with van der Waals surface area (Å²) >= 11 is 0. The van der Waals surface area contributed by atoms with E-state index in [9.17, 15) is 9.59 Å². The van der Waals surface area contributed by atoms with E-state index in [0.29, 0.717) is 33.7 Å². The molecule has 0 radical (unpaired) electrons. The minimum atomic E-state index is -0.634. The molecule has 5 rings (SSSR count). The van der Waals surface area contributed by atoms with E-state index in [1.165, 1.54) is 0 Å². The van der Waals surface area contributed by atoms with Gasteiger partial charge in [-0.05, 0) is 36.6 Å². The first kappa shape index (κ1) is 19.5. The lowest BCUT2D eigenvalue weighted by molar-refractivity contribution is -0.119. The summed E-state index contributed by atoms with van der Waals surface area (Å²) in [6, 6.07) is 19.9. The van der Waals surface area contributed by atoms with Crippen LogP contribution in [-0.4, -0.2) is 28.6 Å². The number of hydrogen-bond donors (Lipinski definition) is 1. The molecule has 2 aromatic heterocycles. The van der Waals surface area contributed by atoms with E-state index >= 15 is 0 Å². The van der Waals surface area contributed by atoms with Gasteiger partial charge in [-0.1, -0.05) is 41.6 Å². The highest BCUT2D eigenvalue weighted by atomic mass is 16.5. The van der Waals surface area contributed by atoms with Crippen LogP contribution in [0.5, 0.6) is 0 Å². The molecule has 8 nitrogen and oxygen atoms in total. The number of rotatable bonds is 5. The molecule has 158 valence electrons. The van der Waals surface area contributed by atoms with Crippen LogP contribution in [0.3, 0.4) is 0 Å². The Morgan fingerprint density at radius 2 is 1.84 bits per heavy atom. The van der Waals surface area contributed by atoms with E-state index in [-0.39, 0.29) is 5.82 Å². The summed E-state index contributed by atoms with van der Waals surface area (Å²) in [6.07, 6.45) is 0. The van der Waals surface area contributed by atoms with Gasteiger partial charge >= 0.3 is 5.97 Å². The summed E-state index contributed by atoms with van der Waals surface area (Å²) in [4.78, 5) is 29.6. The summed E-state index contributed by atoms with van der Waals surface area (Å²) in [5.74, 6) is 0.0552. The minimum absolute atomic E-state index is 0.256. The van der Waals surface area contributed by atoms with Gasteiger partial charge in [0.05, 0.1) is 5.56 Å². The van der Waals surface area contributed by atoms with Gasteiger partial charge < -0.3 is 19.0 Å². The van der Waals surface area contributed by atoms with Crippen molar-refractivity contribution >= 4 is 39.6 Å². The number of esters is 1. The number of amides is 1. The Morgan fingerprint density at radius 1 is 1.03 bits per heavy atom. The van der Waals surface area contributed by atoms with Gasteiger partial charge in [-0.25, -0.2) is 9.78 Å². The zero-order valence-electron chi connectivity index (χ0n) is 17.0. The van der Waals surface area contributed by atoms with Gasteiger partial charge in [0.25, 0.3) is 5.91 Å². The maximum atomic E-state index is 12.9. The third-order valence-corrected chi connectivity index (χ3v) is 4.88. The first-order valence-corrected chi connectivity index (χ1v) is 9.86. The van der Waals surface area contributed by atoms with E-state index in [1.807, 2.05) is 48.5 Å². The van der Waals surface area contributed by atoms with Crippen molar-refractivity contribution in [2.75, 3.05) is 11.9 Å². The summed E-state index contributed by atoms with van der Waals surface area (Å²) < 4.78 is 16.1. The Morgan fingerprint density at radius 3 is 2.62 bits per heavy atom. The maximum Gasteiger partial charge on any atom is 0.339 e. The van der Waals surface area contributed by atoms with E-state index in [4.69, 9.17) is 13.7 Å². The van der Waals surface area contributed by atoms with Crippen LogP contribution in [-0.2, 0) is 9.53 Å². The number of anilines is 1. The number of nitrogens with zero attached hydrogens (tertiary/aromatic N) is 2. The Hall–Kier alpha value is -4.46. The molecule has 1 amide bonds. The van der Waals surface area contributed by atoms with Crippen LogP contribution in [0.15, 0.2) is 75.7 Å². The topological polar surface area (TPSA) is 107 Å². The molecule has 0 unspecified atom stereocenters. The molecule has 0 saturated heterocycles. The number of carbonyl (C=O) groups excluding carboxylic acids is 2. The zero-order valence-corrected chi connectivity index (χ0v) is 17.0. The molecule has 8 heteroatoms. The summed E-state index contributed by atoms with van der Waals surface area (Å²) in [7, 11) is 0. The van der Waals surface area contributed by atoms with Crippen LogP contribution in [0.2, 0.25) is 0 Å². The maximum absolute atomic E-state index is 12.9. The molecule has 0 aliphatic rings. The Labute approximate surface area is 181 Å². The Balaban J connectivity index is 1.44. The molecule has 0 aliphatic carbocycles. The average molecular weight is 427 g/mol. The lowest BCUT2D eigenvalue weighted by Gasteiger charge is -2.10. The lowest BCUT2D eigenvalue weighted by atomic mass is 9.99. The third kappa shape index (κ3) is 3.69. The van der Waals surface area contributed by atoms with Gasteiger partial charge in [0.1, 0.15) is 11.3 Å². The molecule has 5 aromatic rings. The smallest absolute Gasteiger partial charge is 0.339 e. The number of aryl methyl sites for hydroxylation is 1. The van der Waals surface area contributed by atoms with Crippen LogP contribution in [0.1, 0.15) is 16.1 Å². The SMILES string of the molecule is Cc1cc(NC(=O)COC(=O)c2cccc3cccc(-c4nc5ccccc5o4)c23)no1. The van der Waals surface area contributed by atoms with Gasteiger partial charge in [-0.3, -0.25) is 4.79 Å². The van der Waals surface area contributed by atoms with Crippen molar-refractivity contribution in [2.45, 2.75) is 6.92 Å². The van der Waals surface area contributed by atoms with E-state index in [0.717, 1.165) is 10.9 Å². The number of aromatic nitrogens is 2. The summed E-state index contributed by atoms with van der Waals surface area (Å²) in [5, 5.41) is 7.65. The van der Waals surface area contributed by atoms with Crippen molar-refractivity contribution in [1.82, 2.24) is 10.1 Å². The number of nitrogens with one attached hydrogen (secondary N) is 1. The van der Waals surface area contributed by atoms with E-state index in [2.05, 4.69) is 15.5 Å². The lowest BCUT2D eigenvalue weighted by Crippen LogP contribution is -2.21. The number of para-hydroxylation sites is 2. The molecule has 0 bridgehead atoms. The first-order valence-electron chi connectivity index (χ1n) is 9.86. The Bertz CT molecular complexity index is 1430. The third-order valence-electron chi connectivity index (χ3n) is 4.88. The van der Waals surface area contributed by atoms with Gasteiger partial charge in [0.2, 0.25) is 5.89 Å². The zero-order chi connectivity index (χ0) is 22.1. The molecule has 0 spiro atoms. The largest absolute Gasteiger partial charge is 0.452 e. The van der Waals surface area contributed by atoms with E-state index in [1.54, 1.807) is 25.1 Å².